The number of anilines is 1. The van der Waals surface area contributed by atoms with Crippen LogP contribution in [0.5, 0.6) is 0 Å². The zero-order chi connectivity index (χ0) is 14.3. The lowest BCUT2D eigenvalue weighted by atomic mass is 10.3. The van der Waals surface area contributed by atoms with Crippen LogP contribution in [0, 0.1) is 0 Å². The van der Waals surface area contributed by atoms with E-state index in [4.69, 9.17) is 0 Å². The number of hydrogen-bond donors (Lipinski definition) is 0. The van der Waals surface area contributed by atoms with E-state index in [1.165, 1.54) is 0 Å². The van der Waals surface area contributed by atoms with Gasteiger partial charge in [0.1, 0.15) is 0 Å². The molecule has 1 aliphatic rings. The number of nitrogens with zero attached hydrogens (tertiary/aromatic N) is 6. The average molecular weight is 349 g/mol. The van der Waals surface area contributed by atoms with Gasteiger partial charge in [0.25, 0.3) is 0 Å². The fraction of sp³-hybridized carbons (Fsp3) is 0.400. The van der Waals surface area contributed by atoms with Crippen molar-refractivity contribution < 1.29 is 13.2 Å². The molecule has 2 aromatic rings. The molecule has 0 spiro atoms. The molecule has 0 radical (unpaired) electrons. The van der Waals surface area contributed by atoms with Crippen molar-refractivity contribution in [2.75, 3.05) is 11.4 Å². The van der Waals surface area contributed by atoms with Crippen LogP contribution in [-0.2, 0) is 19.3 Å². The minimum atomic E-state index is -4.48. The molecule has 0 atom stereocenters. The van der Waals surface area contributed by atoms with Crippen LogP contribution < -0.4 is 4.90 Å². The monoisotopic (exact) mass is 348 g/mol. The summed E-state index contributed by atoms with van der Waals surface area (Å²) in [5.41, 5.74) is 0. The Morgan fingerprint density at radius 1 is 1.10 bits per heavy atom. The quantitative estimate of drug-likeness (QED) is 0.787. The van der Waals surface area contributed by atoms with Crippen molar-refractivity contribution in [1.82, 2.24) is 24.7 Å². The van der Waals surface area contributed by atoms with Crippen molar-refractivity contribution in [3.63, 3.8) is 0 Å². The van der Waals surface area contributed by atoms with Crippen molar-refractivity contribution in [1.29, 1.82) is 0 Å². The molecular formula is C10H8BrF3N6. The number of aromatic nitrogens is 5. The third kappa shape index (κ3) is 2.35. The smallest absolute Gasteiger partial charge is 0.331 e. The minimum absolute atomic E-state index is 0.149. The molecule has 0 saturated carbocycles. The number of fused-ring (bicyclic) bond motifs is 1. The summed E-state index contributed by atoms with van der Waals surface area (Å²) in [6.45, 7) is 0.719. The summed E-state index contributed by atoms with van der Waals surface area (Å²) in [4.78, 5) is 10.00. The van der Waals surface area contributed by atoms with E-state index in [-0.39, 0.29) is 18.9 Å². The van der Waals surface area contributed by atoms with Gasteiger partial charge in [0.15, 0.2) is 5.82 Å². The first-order chi connectivity index (χ1) is 9.45. The van der Waals surface area contributed by atoms with Gasteiger partial charge in [-0.3, -0.25) is 0 Å². The third-order valence-corrected chi connectivity index (χ3v) is 3.31. The molecule has 0 aromatic carbocycles. The number of rotatable bonds is 1. The largest absolute Gasteiger partial charge is 0.451 e. The second-order valence-corrected chi connectivity index (χ2v) is 5.13. The van der Waals surface area contributed by atoms with Crippen LogP contribution in [0.2, 0.25) is 0 Å². The highest BCUT2D eigenvalue weighted by Crippen LogP contribution is 2.29. The van der Waals surface area contributed by atoms with E-state index in [1.54, 1.807) is 17.3 Å². The number of hydrogen-bond acceptors (Lipinski definition) is 5. The molecule has 1 aliphatic heterocycles. The summed E-state index contributed by atoms with van der Waals surface area (Å²) in [5, 5.41) is 6.83. The summed E-state index contributed by atoms with van der Waals surface area (Å²) < 4.78 is 39.9. The van der Waals surface area contributed by atoms with Gasteiger partial charge in [0.2, 0.25) is 11.8 Å². The summed E-state index contributed by atoms with van der Waals surface area (Å²) in [5.74, 6) is -0.241. The predicted octanol–water partition coefficient (Wildman–Crippen LogP) is 1.87. The highest BCUT2D eigenvalue weighted by molar-refractivity contribution is 9.10. The molecular weight excluding hydrogens is 341 g/mol. The summed E-state index contributed by atoms with van der Waals surface area (Å²) in [6, 6.07) is 0. The Bertz CT molecular complexity index is 623. The van der Waals surface area contributed by atoms with Crippen LogP contribution in [0.15, 0.2) is 16.9 Å². The summed E-state index contributed by atoms with van der Waals surface area (Å²) in [7, 11) is 0. The van der Waals surface area contributed by atoms with E-state index in [9.17, 15) is 13.2 Å². The third-order valence-electron chi connectivity index (χ3n) is 2.90. The highest BCUT2D eigenvalue weighted by atomic mass is 79.9. The second-order valence-electron chi connectivity index (χ2n) is 4.21. The molecule has 20 heavy (non-hydrogen) atoms. The Morgan fingerprint density at radius 3 is 2.45 bits per heavy atom. The topological polar surface area (TPSA) is 59.7 Å². The van der Waals surface area contributed by atoms with E-state index in [2.05, 4.69) is 36.1 Å². The van der Waals surface area contributed by atoms with E-state index >= 15 is 0 Å². The van der Waals surface area contributed by atoms with Crippen molar-refractivity contribution in [2.45, 2.75) is 19.3 Å². The van der Waals surface area contributed by atoms with Crippen LogP contribution in [0.4, 0.5) is 19.1 Å². The molecule has 10 heteroatoms. The fourth-order valence-electron chi connectivity index (χ4n) is 2.01. The molecule has 0 fully saturated rings. The zero-order valence-corrected chi connectivity index (χ0v) is 11.6. The molecule has 0 amide bonds. The van der Waals surface area contributed by atoms with Gasteiger partial charge in [-0.05, 0) is 15.9 Å². The van der Waals surface area contributed by atoms with E-state index in [1.807, 2.05) is 0 Å². The van der Waals surface area contributed by atoms with Crippen LogP contribution in [-0.4, -0.2) is 31.3 Å². The van der Waals surface area contributed by atoms with Crippen LogP contribution in [0.3, 0.4) is 0 Å². The summed E-state index contributed by atoms with van der Waals surface area (Å²) in [6.07, 6.45) is -1.31. The highest BCUT2D eigenvalue weighted by Gasteiger charge is 2.39. The summed E-state index contributed by atoms with van der Waals surface area (Å²) >= 11 is 3.23. The lowest BCUT2D eigenvalue weighted by molar-refractivity contribution is -0.147. The lowest BCUT2D eigenvalue weighted by Crippen LogP contribution is -2.36. The Kier molecular flexibility index (Phi) is 3.11. The average Bonchev–Trinajstić information content (AvgIpc) is 2.82. The van der Waals surface area contributed by atoms with Gasteiger partial charge in [-0.2, -0.15) is 13.2 Å². The maximum absolute atomic E-state index is 12.7. The SMILES string of the molecule is FC(F)(F)c1nnc2n1CCN(c1ncc(Br)cn1)C2. The van der Waals surface area contributed by atoms with Crippen molar-refractivity contribution in [3.8, 4) is 0 Å². The van der Waals surface area contributed by atoms with Gasteiger partial charge in [0.05, 0.1) is 11.0 Å². The van der Waals surface area contributed by atoms with E-state index in [0.29, 0.717) is 12.5 Å². The molecule has 0 N–H and O–H groups in total. The van der Waals surface area contributed by atoms with Crippen molar-refractivity contribution in [3.05, 3.63) is 28.5 Å². The molecule has 3 heterocycles. The molecule has 6 nitrogen and oxygen atoms in total. The Hall–Kier alpha value is -1.71. The number of alkyl halides is 3. The maximum atomic E-state index is 12.7. The zero-order valence-electron chi connectivity index (χ0n) is 9.97. The Morgan fingerprint density at radius 2 is 1.80 bits per heavy atom. The number of halogens is 4. The first kappa shape index (κ1) is 13.3. The van der Waals surface area contributed by atoms with Crippen LogP contribution >= 0.6 is 15.9 Å². The second kappa shape index (κ2) is 4.69. The standard InChI is InChI=1S/C10H8BrF3N6/c11-6-3-15-9(16-4-6)19-1-2-20-7(5-19)17-18-8(20)10(12,13)14/h3-4H,1-2,5H2. The molecule has 3 rings (SSSR count). The van der Waals surface area contributed by atoms with Crippen molar-refractivity contribution in [2.24, 2.45) is 0 Å². The molecule has 0 bridgehead atoms. The predicted molar refractivity (Wildman–Crippen MR) is 65.8 cm³/mol. The van der Waals surface area contributed by atoms with Gasteiger partial charge < -0.3 is 9.47 Å². The maximum Gasteiger partial charge on any atom is 0.451 e. The first-order valence-corrected chi connectivity index (χ1v) is 6.46. The Labute approximate surface area is 119 Å². The van der Waals surface area contributed by atoms with Gasteiger partial charge in [-0.1, -0.05) is 0 Å². The van der Waals surface area contributed by atoms with Crippen LogP contribution in [0.25, 0.3) is 0 Å². The normalized spacial score (nSPS) is 15.3. The van der Waals surface area contributed by atoms with E-state index < -0.39 is 12.0 Å². The molecule has 0 unspecified atom stereocenters. The van der Waals surface area contributed by atoms with Gasteiger partial charge >= 0.3 is 6.18 Å². The lowest BCUT2D eigenvalue weighted by Gasteiger charge is -2.27. The molecule has 0 saturated heterocycles. The molecule has 0 aliphatic carbocycles. The van der Waals surface area contributed by atoms with Crippen LogP contribution in [0.1, 0.15) is 11.6 Å². The van der Waals surface area contributed by atoms with Gasteiger partial charge in [-0.25, -0.2) is 9.97 Å². The van der Waals surface area contributed by atoms with Gasteiger partial charge in [0, 0.05) is 25.5 Å². The fourth-order valence-corrected chi connectivity index (χ4v) is 2.21. The first-order valence-electron chi connectivity index (χ1n) is 5.67. The minimum Gasteiger partial charge on any atom is -0.331 e. The van der Waals surface area contributed by atoms with Crippen molar-refractivity contribution >= 4 is 21.9 Å². The molecule has 2 aromatic heterocycles. The van der Waals surface area contributed by atoms with E-state index in [0.717, 1.165) is 9.04 Å². The van der Waals surface area contributed by atoms with Gasteiger partial charge in [-0.15, -0.1) is 10.2 Å². The Balaban J connectivity index is 1.86. The molecule has 106 valence electrons.